The van der Waals surface area contributed by atoms with Crippen molar-refractivity contribution in [2.24, 2.45) is 0 Å². The Morgan fingerprint density at radius 2 is 2.38 bits per heavy atom. The summed E-state index contributed by atoms with van der Waals surface area (Å²) < 4.78 is 1.24. The molecule has 0 saturated heterocycles. The topological polar surface area (TPSA) is 12.0 Å². The second-order valence-electron chi connectivity index (χ2n) is 3.96. The third-order valence-electron chi connectivity index (χ3n) is 2.82. The number of hydrogen-bond donors (Lipinski definition) is 1. The largest absolute Gasteiger partial charge is 0.307 e. The minimum atomic E-state index is 0.420. The third-order valence-corrected chi connectivity index (χ3v) is 4.75. The highest BCUT2D eigenvalue weighted by Crippen LogP contribution is 2.32. The van der Waals surface area contributed by atoms with Crippen molar-refractivity contribution in [1.29, 1.82) is 0 Å². The number of thiophene rings is 1. The summed E-state index contributed by atoms with van der Waals surface area (Å²) in [6, 6.07) is 2.12. The first-order valence-corrected chi connectivity index (χ1v) is 6.34. The summed E-state index contributed by atoms with van der Waals surface area (Å²) in [7, 11) is 0. The van der Waals surface area contributed by atoms with Gasteiger partial charge in [0, 0.05) is 21.4 Å². The van der Waals surface area contributed by atoms with Gasteiger partial charge in [-0.15, -0.1) is 11.3 Å². The van der Waals surface area contributed by atoms with Gasteiger partial charge in [-0.25, -0.2) is 0 Å². The van der Waals surface area contributed by atoms with Crippen LogP contribution in [0.3, 0.4) is 0 Å². The van der Waals surface area contributed by atoms with Gasteiger partial charge in [0.1, 0.15) is 0 Å². The predicted molar refractivity (Wildman–Crippen MR) is 61.1 cm³/mol. The Hall–Kier alpha value is 0.140. The Bertz CT molecular complexity index is 291. The molecule has 1 aromatic rings. The first-order valence-electron chi connectivity index (χ1n) is 4.67. The lowest BCUT2D eigenvalue weighted by molar-refractivity contribution is 0.207. The van der Waals surface area contributed by atoms with Crippen molar-refractivity contribution in [3.8, 4) is 0 Å². The molecule has 1 N–H and O–H groups in total. The van der Waals surface area contributed by atoms with Crippen molar-refractivity contribution >= 4 is 27.3 Å². The Morgan fingerprint density at radius 1 is 1.62 bits per heavy atom. The molecular formula is C10H14BrNS. The Balaban J connectivity index is 1.89. The maximum atomic E-state index is 3.62. The standard InChI is InChI=1S/C10H14BrNS/c1-10(4-2-5-10)12-7-9-8(11)3-6-13-9/h3,6,12H,2,4-5,7H2,1H3. The van der Waals surface area contributed by atoms with Crippen LogP contribution < -0.4 is 5.32 Å². The summed E-state index contributed by atoms with van der Waals surface area (Å²) in [5.41, 5.74) is 0.420. The minimum Gasteiger partial charge on any atom is -0.307 e. The van der Waals surface area contributed by atoms with Crippen LogP contribution >= 0.6 is 27.3 Å². The second kappa shape index (κ2) is 3.71. The van der Waals surface area contributed by atoms with Crippen LogP contribution in [0.5, 0.6) is 0 Å². The van der Waals surface area contributed by atoms with Gasteiger partial charge >= 0.3 is 0 Å². The van der Waals surface area contributed by atoms with Gasteiger partial charge in [-0.2, -0.15) is 0 Å². The van der Waals surface area contributed by atoms with Crippen molar-refractivity contribution < 1.29 is 0 Å². The molecule has 0 aliphatic heterocycles. The molecule has 0 aromatic carbocycles. The van der Waals surface area contributed by atoms with Crippen LogP contribution in [0.4, 0.5) is 0 Å². The summed E-state index contributed by atoms with van der Waals surface area (Å²) in [4.78, 5) is 1.41. The summed E-state index contributed by atoms with van der Waals surface area (Å²) in [5.74, 6) is 0. The fraction of sp³-hybridized carbons (Fsp3) is 0.600. The van der Waals surface area contributed by atoms with Crippen molar-refractivity contribution in [1.82, 2.24) is 5.32 Å². The van der Waals surface area contributed by atoms with Crippen LogP contribution in [0, 0.1) is 0 Å². The SMILES string of the molecule is CC1(NCc2sccc2Br)CCC1. The Kier molecular flexibility index (Phi) is 2.77. The molecule has 3 heteroatoms. The number of rotatable bonds is 3. The zero-order valence-electron chi connectivity index (χ0n) is 7.77. The molecule has 0 bridgehead atoms. The highest BCUT2D eigenvalue weighted by atomic mass is 79.9. The summed E-state index contributed by atoms with van der Waals surface area (Å²) in [5, 5.41) is 5.75. The molecule has 1 fully saturated rings. The first kappa shape index (κ1) is 9.69. The Labute approximate surface area is 91.7 Å². The molecule has 2 rings (SSSR count). The van der Waals surface area contributed by atoms with Crippen molar-refractivity contribution in [3.63, 3.8) is 0 Å². The molecule has 1 aromatic heterocycles. The molecule has 1 nitrogen and oxygen atoms in total. The number of halogens is 1. The maximum Gasteiger partial charge on any atom is 0.0327 e. The lowest BCUT2D eigenvalue weighted by atomic mass is 9.78. The van der Waals surface area contributed by atoms with Crippen LogP contribution in [0.25, 0.3) is 0 Å². The molecule has 0 amide bonds. The van der Waals surface area contributed by atoms with Gasteiger partial charge in [0.05, 0.1) is 0 Å². The zero-order valence-corrected chi connectivity index (χ0v) is 10.2. The first-order chi connectivity index (χ1) is 6.20. The molecule has 0 atom stereocenters. The van der Waals surface area contributed by atoms with Gasteiger partial charge in [0.2, 0.25) is 0 Å². The average Bonchev–Trinajstić information content (AvgIpc) is 2.44. The Morgan fingerprint density at radius 3 is 2.85 bits per heavy atom. The zero-order chi connectivity index (χ0) is 9.31. The second-order valence-corrected chi connectivity index (χ2v) is 5.81. The van der Waals surface area contributed by atoms with E-state index < -0.39 is 0 Å². The third kappa shape index (κ3) is 2.14. The fourth-order valence-electron chi connectivity index (χ4n) is 1.63. The van der Waals surface area contributed by atoms with Crippen LogP contribution in [-0.4, -0.2) is 5.54 Å². The van der Waals surface area contributed by atoms with E-state index in [0.717, 1.165) is 6.54 Å². The maximum absolute atomic E-state index is 3.62. The van der Waals surface area contributed by atoms with Gasteiger partial charge in [0.25, 0.3) is 0 Å². The molecule has 1 aliphatic carbocycles. The number of nitrogens with one attached hydrogen (secondary N) is 1. The summed E-state index contributed by atoms with van der Waals surface area (Å²) in [6.45, 7) is 3.33. The van der Waals surface area contributed by atoms with Gasteiger partial charge in [-0.3, -0.25) is 0 Å². The van der Waals surface area contributed by atoms with Crippen LogP contribution in [0.2, 0.25) is 0 Å². The highest BCUT2D eigenvalue weighted by Gasteiger charge is 2.30. The smallest absolute Gasteiger partial charge is 0.0327 e. The summed E-state index contributed by atoms with van der Waals surface area (Å²) >= 11 is 5.36. The van der Waals surface area contributed by atoms with E-state index in [-0.39, 0.29) is 0 Å². The van der Waals surface area contributed by atoms with E-state index >= 15 is 0 Å². The van der Waals surface area contributed by atoms with Crippen LogP contribution in [-0.2, 0) is 6.54 Å². The van der Waals surface area contributed by atoms with Gasteiger partial charge in [0.15, 0.2) is 0 Å². The monoisotopic (exact) mass is 259 g/mol. The molecular weight excluding hydrogens is 246 g/mol. The lowest BCUT2D eigenvalue weighted by Gasteiger charge is -2.39. The molecule has 0 radical (unpaired) electrons. The number of hydrogen-bond acceptors (Lipinski definition) is 2. The minimum absolute atomic E-state index is 0.420. The molecule has 1 saturated carbocycles. The molecule has 0 unspecified atom stereocenters. The van der Waals surface area contributed by atoms with E-state index in [9.17, 15) is 0 Å². The van der Waals surface area contributed by atoms with Crippen molar-refractivity contribution in [3.05, 3.63) is 20.8 Å². The van der Waals surface area contributed by atoms with Gasteiger partial charge in [-0.05, 0) is 53.6 Å². The van der Waals surface area contributed by atoms with E-state index in [1.165, 1.54) is 28.6 Å². The average molecular weight is 260 g/mol. The molecule has 72 valence electrons. The lowest BCUT2D eigenvalue weighted by Crippen LogP contribution is -2.47. The van der Waals surface area contributed by atoms with Gasteiger partial charge < -0.3 is 5.32 Å². The molecule has 0 spiro atoms. The quantitative estimate of drug-likeness (QED) is 0.876. The summed E-state index contributed by atoms with van der Waals surface area (Å²) in [6.07, 6.45) is 4.04. The fourth-order valence-corrected chi connectivity index (χ4v) is 3.06. The van der Waals surface area contributed by atoms with Gasteiger partial charge in [-0.1, -0.05) is 0 Å². The normalized spacial score (nSPS) is 19.8. The van der Waals surface area contributed by atoms with E-state index in [0.29, 0.717) is 5.54 Å². The predicted octanol–water partition coefficient (Wildman–Crippen LogP) is 3.54. The van der Waals surface area contributed by atoms with E-state index in [1.54, 1.807) is 0 Å². The van der Waals surface area contributed by atoms with E-state index in [1.807, 2.05) is 11.3 Å². The van der Waals surface area contributed by atoms with Crippen LogP contribution in [0.15, 0.2) is 15.9 Å². The van der Waals surface area contributed by atoms with E-state index in [4.69, 9.17) is 0 Å². The molecule has 1 aliphatic rings. The molecule has 1 heterocycles. The van der Waals surface area contributed by atoms with Crippen molar-refractivity contribution in [2.75, 3.05) is 0 Å². The van der Waals surface area contributed by atoms with Crippen LogP contribution in [0.1, 0.15) is 31.1 Å². The van der Waals surface area contributed by atoms with Crippen molar-refractivity contribution in [2.45, 2.75) is 38.3 Å². The molecule has 13 heavy (non-hydrogen) atoms. The van der Waals surface area contributed by atoms with E-state index in [2.05, 4.69) is 39.6 Å². The highest BCUT2D eigenvalue weighted by molar-refractivity contribution is 9.10.